The van der Waals surface area contributed by atoms with E-state index in [1.54, 1.807) is 0 Å². The van der Waals surface area contributed by atoms with Crippen molar-refractivity contribution in [3.63, 3.8) is 0 Å². The second-order valence-corrected chi connectivity index (χ2v) is 5.98. The first-order valence-corrected chi connectivity index (χ1v) is 8.13. The Balaban J connectivity index is 1.88. The molecule has 1 aliphatic rings. The van der Waals surface area contributed by atoms with E-state index in [-0.39, 0.29) is 11.9 Å². The zero-order valence-electron chi connectivity index (χ0n) is 13.3. The molecule has 0 spiro atoms. The van der Waals surface area contributed by atoms with E-state index < -0.39 is 0 Å². The summed E-state index contributed by atoms with van der Waals surface area (Å²) < 4.78 is 0. The number of carbonyl (C=O) groups excluding carboxylic acids is 1. The van der Waals surface area contributed by atoms with Gasteiger partial charge in [-0.1, -0.05) is 25.8 Å². The third kappa shape index (κ3) is 5.12. The standard InChI is InChI=1S/C17H27N3O/c1-3-15(16-9-8-14(2)12-18-16)19-17(21)13-20-10-6-4-5-7-11-20/h8-9,12,15H,3-7,10-11,13H2,1-2H3,(H,19,21). The Morgan fingerprint density at radius 3 is 2.57 bits per heavy atom. The normalized spacial score (nSPS) is 18.0. The molecule has 0 bridgehead atoms. The van der Waals surface area contributed by atoms with Crippen LogP contribution in [-0.4, -0.2) is 35.4 Å². The summed E-state index contributed by atoms with van der Waals surface area (Å²) in [5.74, 6) is 0.117. The number of aromatic nitrogens is 1. The largest absolute Gasteiger partial charge is 0.347 e. The van der Waals surface area contributed by atoms with E-state index in [1.165, 1.54) is 25.7 Å². The lowest BCUT2D eigenvalue weighted by atomic mass is 10.1. The molecule has 21 heavy (non-hydrogen) atoms. The van der Waals surface area contributed by atoms with Gasteiger partial charge < -0.3 is 5.32 Å². The fraction of sp³-hybridized carbons (Fsp3) is 0.647. The minimum atomic E-state index is 0.0186. The van der Waals surface area contributed by atoms with Crippen molar-refractivity contribution >= 4 is 5.91 Å². The zero-order valence-corrected chi connectivity index (χ0v) is 13.3. The average Bonchev–Trinajstić information content (AvgIpc) is 2.74. The van der Waals surface area contributed by atoms with E-state index in [0.717, 1.165) is 30.8 Å². The van der Waals surface area contributed by atoms with Gasteiger partial charge in [-0.3, -0.25) is 14.7 Å². The van der Waals surface area contributed by atoms with E-state index in [0.29, 0.717) is 6.54 Å². The molecular formula is C17H27N3O. The molecule has 1 aromatic heterocycles. The van der Waals surface area contributed by atoms with E-state index in [2.05, 4.69) is 22.1 Å². The van der Waals surface area contributed by atoms with E-state index in [1.807, 2.05) is 25.3 Å². The molecule has 1 aliphatic heterocycles. The molecule has 0 aromatic carbocycles. The van der Waals surface area contributed by atoms with Gasteiger partial charge in [-0.25, -0.2) is 0 Å². The SMILES string of the molecule is CCC(NC(=O)CN1CCCCCC1)c1ccc(C)cn1. The van der Waals surface area contributed by atoms with Crippen LogP contribution in [0.2, 0.25) is 0 Å². The van der Waals surface area contributed by atoms with Crippen LogP contribution in [0, 0.1) is 6.92 Å². The molecule has 1 aromatic rings. The smallest absolute Gasteiger partial charge is 0.234 e. The topological polar surface area (TPSA) is 45.2 Å². The Labute approximate surface area is 127 Å². The monoisotopic (exact) mass is 289 g/mol. The summed E-state index contributed by atoms with van der Waals surface area (Å²) in [5.41, 5.74) is 2.09. The van der Waals surface area contributed by atoms with Crippen LogP contribution in [0.3, 0.4) is 0 Å². The molecule has 0 saturated carbocycles. The minimum Gasteiger partial charge on any atom is -0.347 e. The Bertz CT molecular complexity index is 436. The fourth-order valence-electron chi connectivity index (χ4n) is 2.81. The van der Waals surface area contributed by atoms with Crippen molar-refractivity contribution in [2.45, 2.75) is 52.0 Å². The molecule has 1 fully saturated rings. The number of likely N-dealkylation sites (tertiary alicyclic amines) is 1. The summed E-state index contributed by atoms with van der Waals surface area (Å²) in [6.07, 6.45) is 7.74. The van der Waals surface area contributed by atoms with Gasteiger partial charge in [-0.05, 0) is 50.9 Å². The predicted molar refractivity (Wildman–Crippen MR) is 85.1 cm³/mol. The Kier molecular flexibility index (Phi) is 6.18. The van der Waals surface area contributed by atoms with Crippen LogP contribution in [0.1, 0.15) is 56.3 Å². The first kappa shape index (κ1) is 16.0. The van der Waals surface area contributed by atoms with Gasteiger partial charge in [-0.2, -0.15) is 0 Å². The molecule has 4 heteroatoms. The molecule has 1 N–H and O–H groups in total. The molecular weight excluding hydrogens is 262 g/mol. The highest BCUT2D eigenvalue weighted by molar-refractivity contribution is 5.78. The van der Waals surface area contributed by atoms with Crippen LogP contribution in [0.4, 0.5) is 0 Å². The summed E-state index contributed by atoms with van der Waals surface area (Å²) in [5, 5.41) is 3.13. The Morgan fingerprint density at radius 2 is 2.00 bits per heavy atom. The molecule has 2 rings (SSSR count). The number of rotatable bonds is 5. The summed E-state index contributed by atoms with van der Waals surface area (Å²) in [6.45, 7) is 6.72. The summed E-state index contributed by atoms with van der Waals surface area (Å²) in [6, 6.07) is 4.08. The van der Waals surface area contributed by atoms with Gasteiger partial charge in [0.15, 0.2) is 0 Å². The highest BCUT2D eigenvalue weighted by Crippen LogP contribution is 2.15. The van der Waals surface area contributed by atoms with Crippen molar-refractivity contribution < 1.29 is 4.79 Å². The van der Waals surface area contributed by atoms with E-state index in [4.69, 9.17) is 0 Å². The van der Waals surface area contributed by atoms with Gasteiger partial charge in [0.25, 0.3) is 0 Å². The lowest BCUT2D eigenvalue weighted by Crippen LogP contribution is -2.39. The Hall–Kier alpha value is -1.42. The number of nitrogens with zero attached hydrogens (tertiary/aromatic N) is 2. The van der Waals surface area contributed by atoms with Crippen LogP contribution < -0.4 is 5.32 Å². The van der Waals surface area contributed by atoms with Gasteiger partial charge in [0.1, 0.15) is 0 Å². The van der Waals surface area contributed by atoms with Gasteiger partial charge in [-0.15, -0.1) is 0 Å². The average molecular weight is 289 g/mol. The van der Waals surface area contributed by atoms with Crippen molar-refractivity contribution in [3.05, 3.63) is 29.6 Å². The molecule has 1 saturated heterocycles. The van der Waals surface area contributed by atoms with Crippen LogP contribution in [0.25, 0.3) is 0 Å². The molecule has 1 amide bonds. The zero-order chi connectivity index (χ0) is 15.1. The first-order chi connectivity index (χ1) is 10.2. The first-order valence-electron chi connectivity index (χ1n) is 8.13. The van der Waals surface area contributed by atoms with Crippen LogP contribution in [-0.2, 0) is 4.79 Å². The maximum Gasteiger partial charge on any atom is 0.234 e. The number of amides is 1. The maximum absolute atomic E-state index is 12.3. The van der Waals surface area contributed by atoms with Crippen molar-refractivity contribution in [1.29, 1.82) is 0 Å². The van der Waals surface area contributed by atoms with E-state index >= 15 is 0 Å². The summed E-state index contributed by atoms with van der Waals surface area (Å²) in [7, 11) is 0. The number of aryl methyl sites for hydroxylation is 1. The number of hydrogen-bond donors (Lipinski definition) is 1. The number of nitrogens with one attached hydrogen (secondary N) is 1. The third-order valence-corrected chi connectivity index (χ3v) is 4.10. The molecule has 0 radical (unpaired) electrons. The van der Waals surface area contributed by atoms with Crippen molar-refractivity contribution in [3.8, 4) is 0 Å². The number of carbonyl (C=O) groups is 1. The summed E-state index contributed by atoms with van der Waals surface area (Å²) in [4.78, 5) is 19.0. The lowest BCUT2D eigenvalue weighted by Gasteiger charge is -2.22. The van der Waals surface area contributed by atoms with Crippen molar-refractivity contribution in [1.82, 2.24) is 15.2 Å². The van der Waals surface area contributed by atoms with Crippen LogP contribution in [0.5, 0.6) is 0 Å². The highest BCUT2D eigenvalue weighted by Gasteiger charge is 2.17. The fourth-order valence-corrected chi connectivity index (χ4v) is 2.81. The molecule has 0 aliphatic carbocycles. The summed E-state index contributed by atoms with van der Waals surface area (Å²) >= 11 is 0. The number of pyridine rings is 1. The molecule has 116 valence electrons. The van der Waals surface area contributed by atoms with Gasteiger partial charge in [0.05, 0.1) is 18.3 Å². The highest BCUT2D eigenvalue weighted by atomic mass is 16.2. The third-order valence-electron chi connectivity index (χ3n) is 4.10. The molecule has 2 heterocycles. The molecule has 4 nitrogen and oxygen atoms in total. The lowest BCUT2D eigenvalue weighted by molar-refractivity contribution is -0.123. The predicted octanol–water partition coefficient (Wildman–Crippen LogP) is 2.83. The molecule has 1 unspecified atom stereocenters. The maximum atomic E-state index is 12.3. The van der Waals surface area contributed by atoms with Crippen LogP contribution >= 0.6 is 0 Å². The van der Waals surface area contributed by atoms with Gasteiger partial charge in [0, 0.05) is 6.20 Å². The molecule has 1 atom stereocenters. The minimum absolute atomic E-state index is 0.0186. The number of hydrogen-bond acceptors (Lipinski definition) is 3. The van der Waals surface area contributed by atoms with Gasteiger partial charge in [0.2, 0.25) is 5.91 Å². The quantitative estimate of drug-likeness (QED) is 0.906. The second-order valence-electron chi connectivity index (χ2n) is 5.98. The van der Waals surface area contributed by atoms with Crippen molar-refractivity contribution in [2.75, 3.05) is 19.6 Å². The van der Waals surface area contributed by atoms with Crippen LogP contribution in [0.15, 0.2) is 18.3 Å². The Morgan fingerprint density at radius 1 is 1.29 bits per heavy atom. The van der Waals surface area contributed by atoms with Crippen molar-refractivity contribution in [2.24, 2.45) is 0 Å². The van der Waals surface area contributed by atoms with Gasteiger partial charge >= 0.3 is 0 Å². The second kappa shape index (κ2) is 8.13. The van der Waals surface area contributed by atoms with E-state index in [9.17, 15) is 4.79 Å².